The van der Waals surface area contributed by atoms with Gasteiger partial charge in [-0.05, 0) is 11.3 Å². The van der Waals surface area contributed by atoms with Crippen molar-refractivity contribution in [1.29, 1.82) is 0 Å². The van der Waals surface area contributed by atoms with Gasteiger partial charge in [0.1, 0.15) is 0 Å². The SMILES string of the molecule is CC(C)C(C)(C)CNC(=O)N1CCN(CCC(=O)O)CC1. The van der Waals surface area contributed by atoms with Crippen molar-refractivity contribution in [3.8, 4) is 0 Å². The van der Waals surface area contributed by atoms with Crippen LogP contribution >= 0.6 is 0 Å². The van der Waals surface area contributed by atoms with Crippen molar-refractivity contribution < 1.29 is 14.7 Å². The highest BCUT2D eigenvalue weighted by atomic mass is 16.4. The fourth-order valence-corrected chi connectivity index (χ4v) is 2.05. The monoisotopic (exact) mass is 299 g/mol. The Kier molecular flexibility index (Phi) is 6.45. The van der Waals surface area contributed by atoms with Crippen LogP contribution in [0.1, 0.15) is 34.1 Å². The Morgan fingerprint density at radius 1 is 1.19 bits per heavy atom. The number of rotatable bonds is 6. The van der Waals surface area contributed by atoms with Crippen LogP contribution in [0.15, 0.2) is 0 Å². The zero-order valence-corrected chi connectivity index (χ0v) is 13.7. The number of urea groups is 1. The van der Waals surface area contributed by atoms with Gasteiger partial charge in [0.25, 0.3) is 0 Å². The maximum absolute atomic E-state index is 12.1. The van der Waals surface area contributed by atoms with Crippen molar-refractivity contribution >= 4 is 12.0 Å². The number of carbonyl (C=O) groups is 2. The van der Waals surface area contributed by atoms with E-state index in [0.717, 1.165) is 13.1 Å². The summed E-state index contributed by atoms with van der Waals surface area (Å²) in [5.41, 5.74) is 0.0823. The number of carbonyl (C=O) groups excluding carboxylic acids is 1. The molecule has 0 aromatic carbocycles. The second-order valence-electron chi connectivity index (χ2n) is 6.77. The Balaban J connectivity index is 2.30. The normalized spacial score (nSPS) is 17.1. The van der Waals surface area contributed by atoms with Gasteiger partial charge in [0.05, 0.1) is 6.42 Å². The molecule has 0 bridgehead atoms. The van der Waals surface area contributed by atoms with Crippen molar-refractivity contribution in [3.63, 3.8) is 0 Å². The molecule has 0 aromatic heterocycles. The molecule has 122 valence electrons. The number of amides is 2. The minimum absolute atomic E-state index is 0.0124. The second kappa shape index (κ2) is 7.64. The van der Waals surface area contributed by atoms with Crippen LogP contribution in [-0.2, 0) is 4.79 Å². The number of nitrogens with one attached hydrogen (secondary N) is 1. The van der Waals surface area contributed by atoms with Gasteiger partial charge in [0.15, 0.2) is 0 Å². The van der Waals surface area contributed by atoms with E-state index in [1.54, 1.807) is 0 Å². The molecule has 1 rings (SSSR count). The Morgan fingerprint density at radius 2 is 1.76 bits per heavy atom. The minimum atomic E-state index is -0.772. The number of carboxylic acids is 1. The number of hydrogen-bond donors (Lipinski definition) is 2. The lowest BCUT2D eigenvalue weighted by atomic mass is 9.81. The summed E-state index contributed by atoms with van der Waals surface area (Å²) in [6.07, 6.45) is 0.161. The van der Waals surface area contributed by atoms with E-state index >= 15 is 0 Å². The summed E-state index contributed by atoms with van der Waals surface area (Å²) in [7, 11) is 0. The van der Waals surface area contributed by atoms with Crippen molar-refractivity contribution in [2.24, 2.45) is 11.3 Å². The molecule has 0 saturated carbocycles. The van der Waals surface area contributed by atoms with Crippen LogP contribution in [0.2, 0.25) is 0 Å². The lowest BCUT2D eigenvalue weighted by molar-refractivity contribution is -0.137. The molecule has 2 amide bonds. The lowest BCUT2D eigenvalue weighted by Crippen LogP contribution is -2.53. The van der Waals surface area contributed by atoms with Crippen molar-refractivity contribution in [2.75, 3.05) is 39.3 Å². The van der Waals surface area contributed by atoms with Crippen molar-refractivity contribution in [1.82, 2.24) is 15.1 Å². The van der Waals surface area contributed by atoms with Crippen molar-refractivity contribution in [2.45, 2.75) is 34.1 Å². The lowest BCUT2D eigenvalue weighted by Gasteiger charge is -2.36. The van der Waals surface area contributed by atoms with E-state index in [0.29, 0.717) is 32.1 Å². The Bertz CT molecular complexity index is 361. The molecule has 0 unspecified atom stereocenters. The molecule has 1 aliphatic heterocycles. The standard InChI is InChI=1S/C15H29N3O3/c1-12(2)15(3,4)11-16-14(21)18-9-7-17(8-10-18)6-5-13(19)20/h12H,5-11H2,1-4H3,(H,16,21)(H,19,20). The summed E-state index contributed by atoms with van der Waals surface area (Å²) in [5, 5.41) is 11.7. The van der Waals surface area contributed by atoms with Crippen LogP contribution in [-0.4, -0.2) is 66.2 Å². The van der Waals surface area contributed by atoms with Gasteiger partial charge in [0, 0.05) is 39.3 Å². The Hall–Kier alpha value is -1.30. The van der Waals surface area contributed by atoms with Crippen LogP contribution < -0.4 is 5.32 Å². The average Bonchev–Trinajstić information content (AvgIpc) is 2.43. The molecule has 2 N–H and O–H groups in total. The molecule has 6 nitrogen and oxygen atoms in total. The maximum Gasteiger partial charge on any atom is 0.317 e. The molecular weight excluding hydrogens is 270 g/mol. The van der Waals surface area contributed by atoms with Gasteiger partial charge in [-0.25, -0.2) is 4.79 Å². The summed E-state index contributed by atoms with van der Waals surface area (Å²) in [4.78, 5) is 26.6. The van der Waals surface area contributed by atoms with Crippen LogP contribution in [0, 0.1) is 11.3 Å². The molecule has 0 radical (unpaired) electrons. The first-order chi connectivity index (χ1) is 9.72. The summed E-state index contributed by atoms with van der Waals surface area (Å²) >= 11 is 0. The summed E-state index contributed by atoms with van der Waals surface area (Å²) < 4.78 is 0. The smallest absolute Gasteiger partial charge is 0.317 e. The predicted molar refractivity (Wildman–Crippen MR) is 82.3 cm³/mol. The van der Waals surface area contributed by atoms with E-state index in [1.165, 1.54) is 0 Å². The maximum atomic E-state index is 12.1. The number of nitrogens with zero attached hydrogens (tertiary/aromatic N) is 2. The Labute approximate surface area is 127 Å². The van der Waals surface area contributed by atoms with E-state index in [9.17, 15) is 9.59 Å². The van der Waals surface area contributed by atoms with Gasteiger partial charge in [0.2, 0.25) is 0 Å². The summed E-state index contributed by atoms with van der Waals surface area (Å²) in [5.74, 6) is -0.267. The number of piperazine rings is 1. The van der Waals surface area contributed by atoms with Gasteiger partial charge in [-0.1, -0.05) is 27.7 Å². The minimum Gasteiger partial charge on any atom is -0.481 e. The molecular formula is C15H29N3O3. The number of hydrogen-bond acceptors (Lipinski definition) is 3. The van der Waals surface area contributed by atoms with Crippen molar-refractivity contribution in [3.05, 3.63) is 0 Å². The quantitative estimate of drug-likeness (QED) is 0.779. The zero-order chi connectivity index (χ0) is 16.0. The van der Waals surface area contributed by atoms with Gasteiger partial charge in [-0.15, -0.1) is 0 Å². The third kappa shape index (κ3) is 5.91. The third-order valence-corrected chi connectivity index (χ3v) is 4.56. The fourth-order valence-electron chi connectivity index (χ4n) is 2.05. The van der Waals surface area contributed by atoms with Gasteiger partial charge in [-0.2, -0.15) is 0 Å². The van der Waals surface area contributed by atoms with Gasteiger partial charge >= 0.3 is 12.0 Å². The molecule has 21 heavy (non-hydrogen) atoms. The van der Waals surface area contributed by atoms with Crippen LogP contribution in [0.4, 0.5) is 4.79 Å². The molecule has 1 heterocycles. The summed E-state index contributed by atoms with van der Waals surface area (Å²) in [6, 6.07) is -0.0124. The molecule has 1 fully saturated rings. The summed E-state index contributed by atoms with van der Waals surface area (Å²) in [6.45, 7) is 12.7. The van der Waals surface area contributed by atoms with E-state index in [4.69, 9.17) is 5.11 Å². The Morgan fingerprint density at radius 3 is 2.24 bits per heavy atom. The predicted octanol–water partition coefficient (Wildman–Crippen LogP) is 1.47. The van der Waals surface area contributed by atoms with Gasteiger partial charge < -0.3 is 15.3 Å². The zero-order valence-electron chi connectivity index (χ0n) is 13.7. The van der Waals surface area contributed by atoms with E-state index in [-0.39, 0.29) is 17.9 Å². The first-order valence-corrected chi connectivity index (χ1v) is 7.69. The molecule has 0 aliphatic carbocycles. The third-order valence-electron chi connectivity index (χ3n) is 4.56. The molecule has 1 aliphatic rings. The molecule has 6 heteroatoms. The highest BCUT2D eigenvalue weighted by molar-refractivity contribution is 5.74. The highest BCUT2D eigenvalue weighted by Gasteiger charge is 2.25. The highest BCUT2D eigenvalue weighted by Crippen LogP contribution is 2.24. The fraction of sp³-hybridized carbons (Fsp3) is 0.867. The van der Waals surface area contributed by atoms with E-state index < -0.39 is 5.97 Å². The topological polar surface area (TPSA) is 72.9 Å². The van der Waals surface area contributed by atoms with Crippen LogP contribution in [0.25, 0.3) is 0 Å². The van der Waals surface area contributed by atoms with E-state index in [2.05, 4.69) is 37.9 Å². The molecule has 1 saturated heterocycles. The number of carboxylic acid groups (broad SMARTS) is 1. The molecule has 0 spiro atoms. The second-order valence-corrected chi connectivity index (χ2v) is 6.77. The van der Waals surface area contributed by atoms with E-state index in [1.807, 2.05) is 4.90 Å². The first-order valence-electron chi connectivity index (χ1n) is 7.69. The number of aliphatic carboxylic acids is 1. The van der Waals surface area contributed by atoms with Crippen LogP contribution in [0.5, 0.6) is 0 Å². The van der Waals surface area contributed by atoms with Gasteiger partial charge in [-0.3, -0.25) is 9.69 Å². The molecule has 0 atom stereocenters. The largest absolute Gasteiger partial charge is 0.481 e. The molecule has 0 aromatic rings. The average molecular weight is 299 g/mol. The van der Waals surface area contributed by atoms with Crippen LogP contribution in [0.3, 0.4) is 0 Å². The first kappa shape index (κ1) is 17.8.